The van der Waals surface area contributed by atoms with Gasteiger partial charge < -0.3 is 15.4 Å². The maximum atomic E-state index is 11.9. The van der Waals surface area contributed by atoms with Crippen LogP contribution in [0.3, 0.4) is 0 Å². The van der Waals surface area contributed by atoms with Crippen molar-refractivity contribution in [3.05, 3.63) is 0 Å². The second-order valence-corrected chi connectivity index (χ2v) is 4.29. The number of ether oxygens (including phenoxy) is 1. The van der Waals surface area contributed by atoms with Crippen molar-refractivity contribution in [3.63, 3.8) is 0 Å². The zero-order valence-corrected chi connectivity index (χ0v) is 10.5. The van der Waals surface area contributed by atoms with Crippen LogP contribution in [0.4, 0.5) is 0 Å². The summed E-state index contributed by atoms with van der Waals surface area (Å²) in [5.74, 6) is 0.126. The second kappa shape index (κ2) is 6.78. The van der Waals surface area contributed by atoms with Crippen LogP contribution in [0.15, 0.2) is 0 Å². The topological polar surface area (TPSA) is 58.8 Å². The quantitative estimate of drug-likeness (QED) is 0.659. The molecule has 5 nitrogen and oxygen atoms in total. The highest BCUT2D eigenvalue weighted by Gasteiger charge is 2.18. The summed E-state index contributed by atoms with van der Waals surface area (Å²) in [5, 5.41) is 0. The molecule has 0 aromatic carbocycles. The normalized spacial score (nSPS) is 16.5. The van der Waals surface area contributed by atoms with Gasteiger partial charge in [0.2, 0.25) is 5.91 Å². The lowest BCUT2D eigenvalue weighted by Crippen LogP contribution is -2.47. The van der Waals surface area contributed by atoms with Gasteiger partial charge in [-0.15, -0.1) is 0 Å². The van der Waals surface area contributed by atoms with Crippen molar-refractivity contribution in [1.29, 1.82) is 0 Å². The lowest BCUT2D eigenvalue weighted by molar-refractivity contribution is -0.136. The first-order valence-corrected chi connectivity index (χ1v) is 5.90. The molecule has 92 valence electrons. The molecule has 0 aromatic rings. The Hall–Kier alpha value is -0.720. The van der Waals surface area contributed by atoms with Gasteiger partial charge >= 0.3 is 0 Å². The minimum Gasteiger partial charge on any atom is -0.392 e. The van der Waals surface area contributed by atoms with Gasteiger partial charge in [0.15, 0.2) is 0 Å². The van der Waals surface area contributed by atoms with Crippen molar-refractivity contribution >= 4 is 23.1 Å². The van der Waals surface area contributed by atoms with Crippen LogP contribution in [0.2, 0.25) is 0 Å². The predicted octanol–water partition coefficient (Wildman–Crippen LogP) is -0.547. The van der Waals surface area contributed by atoms with Gasteiger partial charge in [-0.1, -0.05) is 19.1 Å². The van der Waals surface area contributed by atoms with Crippen molar-refractivity contribution in [2.75, 3.05) is 45.9 Å². The standard InChI is InChI=1S/C10H19N3O2S/c1-2-12(7-9(11)16)8-10(14)13-3-5-15-6-4-13/h2-8H2,1H3,(H2,11,16). The van der Waals surface area contributed by atoms with Crippen LogP contribution < -0.4 is 5.73 Å². The molecule has 1 fully saturated rings. The molecule has 1 amide bonds. The third kappa shape index (κ3) is 4.42. The van der Waals surface area contributed by atoms with Gasteiger partial charge in [0.05, 0.1) is 24.7 Å². The van der Waals surface area contributed by atoms with Gasteiger partial charge in [-0.2, -0.15) is 0 Å². The summed E-state index contributed by atoms with van der Waals surface area (Å²) in [4.78, 5) is 16.1. The number of carbonyl (C=O) groups is 1. The maximum Gasteiger partial charge on any atom is 0.236 e. The van der Waals surface area contributed by atoms with E-state index in [0.717, 1.165) is 6.54 Å². The van der Waals surface area contributed by atoms with Gasteiger partial charge in [-0.3, -0.25) is 9.69 Å². The third-order valence-electron chi connectivity index (χ3n) is 2.55. The molecule has 0 atom stereocenters. The van der Waals surface area contributed by atoms with Crippen LogP contribution in [-0.2, 0) is 9.53 Å². The fraction of sp³-hybridized carbons (Fsp3) is 0.800. The number of nitrogens with two attached hydrogens (primary N) is 1. The van der Waals surface area contributed by atoms with E-state index < -0.39 is 0 Å². The summed E-state index contributed by atoms with van der Waals surface area (Å²) >= 11 is 4.84. The predicted molar refractivity (Wildman–Crippen MR) is 66.3 cm³/mol. The minimum atomic E-state index is 0.126. The van der Waals surface area contributed by atoms with E-state index in [1.165, 1.54) is 0 Å². The van der Waals surface area contributed by atoms with E-state index in [9.17, 15) is 4.79 Å². The Balaban J connectivity index is 2.38. The fourth-order valence-corrected chi connectivity index (χ4v) is 1.79. The van der Waals surface area contributed by atoms with Crippen LogP contribution >= 0.6 is 12.2 Å². The number of hydrogen-bond acceptors (Lipinski definition) is 4. The molecule has 1 heterocycles. The highest BCUT2D eigenvalue weighted by molar-refractivity contribution is 7.80. The molecule has 0 aromatic heterocycles. The van der Waals surface area contributed by atoms with Gasteiger partial charge in [-0.05, 0) is 6.54 Å². The van der Waals surface area contributed by atoms with Gasteiger partial charge in [0, 0.05) is 19.6 Å². The highest BCUT2D eigenvalue weighted by atomic mass is 32.1. The average Bonchev–Trinajstić information content (AvgIpc) is 2.28. The van der Waals surface area contributed by atoms with E-state index in [2.05, 4.69) is 0 Å². The van der Waals surface area contributed by atoms with E-state index in [1.807, 2.05) is 16.7 Å². The summed E-state index contributed by atoms with van der Waals surface area (Å²) in [6, 6.07) is 0. The van der Waals surface area contributed by atoms with Gasteiger partial charge in [-0.25, -0.2) is 0 Å². The van der Waals surface area contributed by atoms with Gasteiger partial charge in [0.25, 0.3) is 0 Å². The van der Waals surface area contributed by atoms with Gasteiger partial charge in [0.1, 0.15) is 0 Å². The van der Waals surface area contributed by atoms with Crippen molar-refractivity contribution < 1.29 is 9.53 Å². The average molecular weight is 245 g/mol. The fourth-order valence-electron chi connectivity index (χ4n) is 1.60. The summed E-state index contributed by atoms with van der Waals surface area (Å²) in [5.41, 5.74) is 5.47. The number of hydrogen-bond donors (Lipinski definition) is 1. The molecular weight excluding hydrogens is 226 g/mol. The molecule has 0 saturated carbocycles. The smallest absolute Gasteiger partial charge is 0.236 e. The van der Waals surface area contributed by atoms with E-state index in [-0.39, 0.29) is 5.91 Å². The van der Waals surface area contributed by atoms with Crippen molar-refractivity contribution in [3.8, 4) is 0 Å². The summed E-state index contributed by atoms with van der Waals surface area (Å²) < 4.78 is 5.20. The lowest BCUT2D eigenvalue weighted by Gasteiger charge is -2.29. The van der Waals surface area contributed by atoms with Crippen molar-refractivity contribution in [2.24, 2.45) is 5.73 Å². The highest BCUT2D eigenvalue weighted by Crippen LogP contribution is 1.99. The number of thiocarbonyl (C=S) groups is 1. The zero-order chi connectivity index (χ0) is 12.0. The third-order valence-corrected chi connectivity index (χ3v) is 2.68. The Bertz CT molecular complexity index is 254. The Morgan fingerprint density at radius 1 is 1.44 bits per heavy atom. The molecule has 1 aliphatic heterocycles. The number of carbonyl (C=O) groups excluding carboxylic acids is 1. The molecule has 2 N–H and O–H groups in total. The molecule has 0 spiro atoms. The largest absolute Gasteiger partial charge is 0.392 e. The van der Waals surface area contributed by atoms with Crippen LogP contribution in [0.1, 0.15) is 6.92 Å². The first kappa shape index (κ1) is 13.3. The number of morpholine rings is 1. The number of amides is 1. The Morgan fingerprint density at radius 2 is 2.06 bits per heavy atom. The molecule has 6 heteroatoms. The monoisotopic (exact) mass is 245 g/mol. The van der Waals surface area contributed by atoms with Crippen LogP contribution in [-0.4, -0.2) is 66.6 Å². The van der Waals surface area contributed by atoms with E-state index in [0.29, 0.717) is 44.4 Å². The maximum absolute atomic E-state index is 11.9. The lowest BCUT2D eigenvalue weighted by atomic mass is 10.3. The Labute approximate surface area is 102 Å². The zero-order valence-electron chi connectivity index (χ0n) is 9.65. The molecule has 0 radical (unpaired) electrons. The van der Waals surface area contributed by atoms with E-state index >= 15 is 0 Å². The number of nitrogens with zero attached hydrogens (tertiary/aromatic N) is 2. The first-order valence-electron chi connectivity index (χ1n) is 5.49. The second-order valence-electron chi connectivity index (χ2n) is 3.76. The first-order chi connectivity index (χ1) is 7.63. The Morgan fingerprint density at radius 3 is 2.56 bits per heavy atom. The summed E-state index contributed by atoms with van der Waals surface area (Å²) in [6.45, 7) is 6.28. The molecule has 0 bridgehead atoms. The SMILES string of the molecule is CCN(CC(=O)N1CCOCC1)CC(N)=S. The summed E-state index contributed by atoms with van der Waals surface area (Å²) in [7, 11) is 0. The molecule has 1 saturated heterocycles. The van der Waals surface area contributed by atoms with Crippen molar-refractivity contribution in [2.45, 2.75) is 6.92 Å². The van der Waals surface area contributed by atoms with Crippen molar-refractivity contribution in [1.82, 2.24) is 9.80 Å². The molecule has 0 aliphatic carbocycles. The minimum absolute atomic E-state index is 0.126. The molecule has 1 aliphatic rings. The molecule has 1 rings (SSSR count). The molecular formula is C10H19N3O2S. The summed E-state index contributed by atoms with van der Waals surface area (Å²) in [6.07, 6.45) is 0. The van der Waals surface area contributed by atoms with Crippen LogP contribution in [0, 0.1) is 0 Å². The number of likely N-dealkylation sites (N-methyl/N-ethyl adjacent to an activating group) is 1. The molecule has 16 heavy (non-hydrogen) atoms. The van der Waals surface area contributed by atoms with Crippen LogP contribution in [0.5, 0.6) is 0 Å². The van der Waals surface area contributed by atoms with Crippen LogP contribution in [0.25, 0.3) is 0 Å². The Kier molecular flexibility index (Phi) is 5.65. The van der Waals surface area contributed by atoms with E-state index in [1.54, 1.807) is 0 Å². The number of rotatable bonds is 5. The molecule has 0 unspecified atom stereocenters. The van der Waals surface area contributed by atoms with E-state index in [4.69, 9.17) is 22.7 Å².